The van der Waals surface area contributed by atoms with Crippen molar-refractivity contribution in [3.63, 3.8) is 0 Å². The van der Waals surface area contributed by atoms with E-state index in [9.17, 15) is 0 Å². The second-order valence-electron chi connectivity index (χ2n) is 6.37. The van der Waals surface area contributed by atoms with Crippen LogP contribution >= 0.6 is 11.8 Å². The van der Waals surface area contributed by atoms with Crippen LogP contribution in [0.15, 0.2) is 59.8 Å². The van der Waals surface area contributed by atoms with Crippen molar-refractivity contribution in [3.8, 4) is 5.69 Å². The van der Waals surface area contributed by atoms with Gasteiger partial charge >= 0.3 is 0 Å². The normalized spacial score (nSPS) is 12.2. The standard InChI is InChI=1S/C20H24N4OS/c1-16(12-13-17-8-6-7-9-18(17)14-25-2)15-26-20-21-22-23-24(20)19-10-4-3-5-11-19/h3-11,16H,12-15H2,1-2H3. The van der Waals surface area contributed by atoms with Gasteiger partial charge in [0.15, 0.2) is 0 Å². The summed E-state index contributed by atoms with van der Waals surface area (Å²) in [5.41, 5.74) is 3.64. The van der Waals surface area contributed by atoms with Crippen molar-refractivity contribution in [1.29, 1.82) is 0 Å². The van der Waals surface area contributed by atoms with Gasteiger partial charge in [-0.2, -0.15) is 4.68 Å². The Hall–Kier alpha value is -2.18. The summed E-state index contributed by atoms with van der Waals surface area (Å²) in [6.45, 7) is 2.95. The molecule has 2 aromatic carbocycles. The predicted molar refractivity (Wildman–Crippen MR) is 105 cm³/mol. The quantitative estimate of drug-likeness (QED) is 0.531. The van der Waals surface area contributed by atoms with Gasteiger partial charge in [0, 0.05) is 12.9 Å². The van der Waals surface area contributed by atoms with Crippen molar-refractivity contribution in [2.75, 3.05) is 12.9 Å². The van der Waals surface area contributed by atoms with Crippen LogP contribution in [0.1, 0.15) is 24.5 Å². The van der Waals surface area contributed by atoms with Crippen LogP contribution in [0.2, 0.25) is 0 Å². The van der Waals surface area contributed by atoms with Crippen LogP contribution in [0.3, 0.4) is 0 Å². The molecule has 26 heavy (non-hydrogen) atoms. The van der Waals surface area contributed by atoms with Gasteiger partial charge in [0.05, 0.1) is 12.3 Å². The van der Waals surface area contributed by atoms with Gasteiger partial charge in [-0.1, -0.05) is 61.2 Å². The van der Waals surface area contributed by atoms with E-state index in [0.717, 1.165) is 29.4 Å². The number of thioether (sulfide) groups is 1. The molecule has 1 aromatic heterocycles. The molecule has 0 saturated carbocycles. The Labute approximate surface area is 158 Å². The molecule has 0 aliphatic carbocycles. The molecule has 0 fully saturated rings. The lowest BCUT2D eigenvalue weighted by Crippen LogP contribution is -2.05. The Morgan fingerprint density at radius 3 is 2.54 bits per heavy atom. The van der Waals surface area contributed by atoms with Crippen molar-refractivity contribution in [1.82, 2.24) is 20.2 Å². The monoisotopic (exact) mass is 368 g/mol. The number of methoxy groups -OCH3 is 1. The molecule has 0 aliphatic rings. The molecule has 0 amide bonds. The van der Waals surface area contributed by atoms with Crippen LogP contribution in [0.4, 0.5) is 0 Å². The Morgan fingerprint density at radius 2 is 1.77 bits per heavy atom. The minimum absolute atomic E-state index is 0.566. The second-order valence-corrected chi connectivity index (χ2v) is 7.35. The van der Waals surface area contributed by atoms with E-state index in [1.807, 2.05) is 30.3 Å². The van der Waals surface area contributed by atoms with E-state index in [-0.39, 0.29) is 0 Å². The maximum absolute atomic E-state index is 5.30. The fourth-order valence-electron chi connectivity index (χ4n) is 2.80. The largest absolute Gasteiger partial charge is 0.380 e. The third-order valence-corrected chi connectivity index (χ3v) is 5.51. The lowest BCUT2D eigenvalue weighted by molar-refractivity contribution is 0.184. The smallest absolute Gasteiger partial charge is 0.214 e. The minimum atomic E-state index is 0.566. The van der Waals surface area contributed by atoms with Crippen LogP contribution < -0.4 is 0 Å². The van der Waals surface area contributed by atoms with Crippen molar-refractivity contribution in [2.24, 2.45) is 5.92 Å². The highest BCUT2D eigenvalue weighted by atomic mass is 32.2. The first-order valence-corrected chi connectivity index (χ1v) is 9.79. The van der Waals surface area contributed by atoms with E-state index in [2.05, 4.69) is 46.7 Å². The van der Waals surface area contributed by atoms with Crippen molar-refractivity contribution in [3.05, 3.63) is 65.7 Å². The molecule has 5 nitrogen and oxygen atoms in total. The summed E-state index contributed by atoms with van der Waals surface area (Å²) in [4.78, 5) is 0. The molecular formula is C20H24N4OS. The van der Waals surface area contributed by atoms with Crippen LogP contribution in [0.5, 0.6) is 0 Å². The number of tetrazole rings is 1. The van der Waals surface area contributed by atoms with Gasteiger partial charge in [-0.3, -0.25) is 0 Å². The van der Waals surface area contributed by atoms with E-state index in [1.165, 1.54) is 11.1 Å². The van der Waals surface area contributed by atoms with E-state index in [1.54, 1.807) is 23.6 Å². The van der Waals surface area contributed by atoms with Crippen molar-refractivity contribution < 1.29 is 4.74 Å². The number of aryl methyl sites for hydroxylation is 1. The molecule has 0 bridgehead atoms. The molecule has 1 atom stereocenters. The first-order valence-electron chi connectivity index (χ1n) is 8.80. The van der Waals surface area contributed by atoms with Crippen LogP contribution in [-0.2, 0) is 17.8 Å². The fourth-order valence-corrected chi connectivity index (χ4v) is 3.76. The summed E-state index contributed by atoms with van der Waals surface area (Å²) in [5, 5.41) is 12.9. The zero-order valence-electron chi connectivity index (χ0n) is 15.2. The first-order chi connectivity index (χ1) is 12.8. The van der Waals surface area contributed by atoms with Gasteiger partial charge in [-0.25, -0.2) is 0 Å². The maximum Gasteiger partial charge on any atom is 0.214 e. The Kier molecular flexibility index (Phi) is 6.80. The van der Waals surface area contributed by atoms with Gasteiger partial charge in [-0.05, 0) is 52.4 Å². The molecule has 6 heteroatoms. The number of aromatic nitrogens is 4. The van der Waals surface area contributed by atoms with E-state index < -0.39 is 0 Å². The van der Waals surface area contributed by atoms with E-state index in [0.29, 0.717) is 12.5 Å². The molecular weight excluding hydrogens is 344 g/mol. The lowest BCUT2D eigenvalue weighted by atomic mass is 9.99. The lowest BCUT2D eigenvalue weighted by Gasteiger charge is -2.13. The summed E-state index contributed by atoms with van der Waals surface area (Å²) in [7, 11) is 1.74. The number of ether oxygens (including phenoxy) is 1. The number of hydrogen-bond donors (Lipinski definition) is 0. The van der Waals surface area contributed by atoms with E-state index >= 15 is 0 Å². The first kappa shape index (κ1) is 18.6. The molecule has 0 aliphatic heterocycles. The topological polar surface area (TPSA) is 52.8 Å². The average molecular weight is 369 g/mol. The number of para-hydroxylation sites is 1. The summed E-state index contributed by atoms with van der Waals surface area (Å²) in [6.07, 6.45) is 2.19. The predicted octanol–water partition coefficient (Wildman–Crippen LogP) is 4.17. The van der Waals surface area contributed by atoms with E-state index in [4.69, 9.17) is 4.74 Å². The third-order valence-electron chi connectivity index (χ3n) is 4.26. The van der Waals surface area contributed by atoms with Crippen LogP contribution in [-0.4, -0.2) is 33.1 Å². The Balaban J connectivity index is 1.54. The summed E-state index contributed by atoms with van der Waals surface area (Å²) in [5.74, 6) is 1.55. The van der Waals surface area contributed by atoms with Gasteiger partial charge in [0.2, 0.25) is 5.16 Å². The minimum Gasteiger partial charge on any atom is -0.380 e. The molecule has 0 saturated heterocycles. The van der Waals surface area contributed by atoms with Crippen LogP contribution in [0, 0.1) is 5.92 Å². The summed E-state index contributed by atoms with van der Waals surface area (Å²) < 4.78 is 7.09. The fraction of sp³-hybridized carbons (Fsp3) is 0.350. The van der Waals surface area contributed by atoms with Crippen LogP contribution in [0.25, 0.3) is 5.69 Å². The molecule has 1 heterocycles. The SMILES string of the molecule is COCc1ccccc1CCC(C)CSc1nnnn1-c1ccccc1. The van der Waals surface area contributed by atoms with Gasteiger partial charge in [-0.15, -0.1) is 5.10 Å². The molecule has 0 radical (unpaired) electrons. The van der Waals surface area contributed by atoms with Crippen molar-refractivity contribution >= 4 is 11.8 Å². The van der Waals surface area contributed by atoms with Crippen molar-refractivity contribution in [2.45, 2.75) is 31.5 Å². The highest BCUT2D eigenvalue weighted by Gasteiger charge is 2.12. The third kappa shape index (κ3) is 4.93. The molecule has 3 rings (SSSR count). The Bertz CT molecular complexity index is 806. The highest BCUT2D eigenvalue weighted by Crippen LogP contribution is 2.23. The number of benzene rings is 2. The summed E-state index contributed by atoms with van der Waals surface area (Å²) >= 11 is 1.71. The number of rotatable bonds is 9. The summed E-state index contributed by atoms with van der Waals surface area (Å²) in [6, 6.07) is 18.5. The molecule has 3 aromatic rings. The number of nitrogens with zero attached hydrogens (tertiary/aromatic N) is 4. The molecule has 136 valence electrons. The van der Waals surface area contributed by atoms with Gasteiger partial charge < -0.3 is 4.74 Å². The van der Waals surface area contributed by atoms with Gasteiger partial charge in [0.25, 0.3) is 0 Å². The number of hydrogen-bond acceptors (Lipinski definition) is 5. The Morgan fingerprint density at radius 1 is 1.04 bits per heavy atom. The molecule has 1 unspecified atom stereocenters. The average Bonchev–Trinajstić information content (AvgIpc) is 3.15. The molecule has 0 N–H and O–H groups in total. The zero-order valence-corrected chi connectivity index (χ0v) is 16.0. The van der Waals surface area contributed by atoms with Gasteiger partial charge in [0.1, 0.15) is 0 Å². The highest BCUT2D eigenvalue weighted by molar-refractivity contribution is 7.99. The second kappa shape index (κ2) is 9.50. The maximum atomic E-state index is 5.30. The molecule has 0 spiro atoms. The zero-order chi connectivity index (χ0) is 18.2.